The Kier molecular flexibility index (Phi) is 6.16. The quantitative estimate of drug-likeness (QED) is 0.320. The lowest BCUT2D eigenvalue weighted by Gasteiger charge is -2.19. The van der Waals surface area contributed by atoms with Gasteiger partial charge in [0.25, 0.3) is 11.6 Å². The summed E-state index contributed by atoms with van der Waals surface area (Å²) >= 11 is 0. The van der Waals surface area contributed by atoms with Crippen LogP contribution in [0.4, 0.5) is 5.69 Å². The van der Waals surface area contributed by atoms with Crippen LogP contribution in [0.15, 0.2) is 77.7 Å². The Hall–Kier alpha value is -4.05. The molecule has 9 nitrogen and oxygen atoms in total. The number of para-hydroxylation sites is 2. The molecule has 1 amide bonds. The monoisotopic (exact) mass is 478 g/mol. The van der Waals surface area contributed by atoms with Crippen LogP contribution in [0.2, 0.25) is 0 Å². The first kappa shape index (κ1) is 23.1. The van der Waals surface area contributed by atoms with Crippen LogP contribution >= 0.6 is 0 Å². The van der Waals surface area contributed by atoms with E-state index in [1.165, 1.54) is 6.07 Å². The summed E-state index contributed by atoms with van der Waals surface area (Å²) in [6.45, 7) is 0. The van der Waals surface area contributed by atoms with Crippen molar-refractivity contribution in [3.8, 4) is 0 Å². The average molecular weight is 479 g/mol. The number of nitrogens with one attached hydrogen (secondary N) is 1. The summed E-state index contributed by atoms with van der Waals surface area (Å²) in [7, 11) is -1.93. The van der Waals surface area contributed by atoms with Crippen molar-refractivity contribution < 1.29 is 18.1 Å². The van der Waals surface area contributed by atoms with Gasteiger partial charge in [-0.05, 0) is 29.8 Å². The molecule has 0 unspecified atom stereocenters. The Morgan fingerprint density at radius 3 is 2.41 bits per heavy atom. The van der Waals surface area contributed by atoms with E-state index in [-0.39, 0.29) is 5.56 Å². The van der Waals surface area contributed by atoms with E-state index in [0.29, 0.717) is 6.42 Å². The van der Waals surface area contributed by atoms with Gasteiger partial charge in [-0.15, -0.1) is 0 Å². The van der Waals surface area contributed by atoms with Gasteiger partial charge < -0.3 is 9.88 Å². The number of fused-ring (bicyclic) bond motifs is 1. The van der Waals surface area contributed by atoms with Crippen molar-refractivity contribution in [2.75, 3.05) is 6.26 Å². The number of imidazole rings is 1. The zero-order valence-corrected chi connectivity index (χ0v) is 19.3. The number of sulfone groups is 1. The minimum absolute atomic E-state index is 0.00923. The maximum atomic E-state index is 13.1. The topological polar surface area (TPSA) is 124 Å². The second-order valence-electron chi connectivity index (χ2n) is 7.93. The van der Waals surface area contributed by atoms with Crippen LogP contribution in [0.3, 0.4) is 0 Å². The third kappa shape index (κ3) is 4.67. The standard InChI is InChI=1S/C24H22N4O5S/c1-27-20-11-7-6-10-18(20)25-23(27)15-19(16-8-4-3-5-9-16)26-24(29)17-12-13-22(34(2,32)33)21(14-17)28(30)31/h3-14,19H,15H2,1-2H3,(H,26,29)/t19-/m1/s1. The zero-order valence-electron chi connectivity index (χ0n) is 18.5. The van der Waals surface area contributed by atoms with E-state index in [2.05, 4.69) is 10.3 Å². The van der Waals surface area contributed by atoms with E-state index in [1.54, 1.807) is 0 Å². The number of nitrogens with zero attached hydrogens (tertiary/aromatic N) is 3. The summed E-state index contributed by atoms with van der Waals surface area (Å²) in [4.78, 5) is 28.0. The number of hydrogen-bond acceptors (Lipinski definition) is 6. The number of carbonyl (C=O) groups is 1. The molecule has 3 aromatic carbocycles. The molecule has 0 spiro atoms. The van der Waals surface area contributed by atoms with Crippen LogP contribution in [0.25, 0.3) is 11.0 Å². The predicted octanol–water partition coefficient (Wildman–Crippen LogP) is 3.60. The SMILES string of the molecule is Cn1c(C[C@@H](NC(=O)c2ccc(S(C)(=O)=O)c([N+](=O)[O-])c2)c2ccccc2)nc2ccccc21. The lowest BCUT2D eigenvalue weighted by Crippen LogP contribution is -2.30. The van der Waals surface area contributed by atoms with Gasteiger partial charge in [-0.2, -0.15) is 0 Å². The highest BCUT2D eigenvalue weighted by Gasteiger charge is 2.25. The Morgan fingerprint density at radius 2 is 1.76 bits per heavy atom. The lowest BCUT2D eigenvalue weighted by atomic mass is 10.0. The van der Waals surface area contributed by atoms with E-state index in [4.69, 9.17) is 0 Å². The number of aryl methyl sites for hydroxylation is 1. The molecule has 0 aliphatic carbocycles. The number of hydrogen-bond donors (Lipinski definition) is 1. The number of benzene rings is 3. The van der Waals surface area contributed by atoms with Crippen molar-refractivity contribution in [2.24, 2.45) is 7.05 Å². The summed E-state index contributed by atoms with van der Waals surface area (Å²) < 4.78 is 25.8. The minimum atomic E-state index is -3.83. The zero-order chi connectivity index (χ0) is 24.5. The molecule has 4 aromatic rings. The van der Waals surface area contributed by atoms with Crippen LogP contribution in [-0.2, 0) is 23.3 Å². The fourth-order valence-corrected chi connectivity index (χ4v) is 4.68. The highest BCUT2D eigenvalue weighted by Crippen LogP contribution is 2.26. The summed E-state index contributed by atoms with van der Waals surface area (Å²) in [6, 6.07) is 19.9. The number of nitro benzene ring substituents is 1. The summed E-state index contributed by atoms with van der Waals surface area (Å²) in [5.74, 6) is 0.199. The van der Waals surface area contributed by atoms with Crippen molar-refractivity contribution >= 4 is 32.5 Å². The third-order valence-electron chi connectivity index (χ3n) is 5.59. The van der Waals surface area contributed by atoms with Crippen LogP contribution in [0.5, 0.6) is 0 Å². The van der Waals surface area contributed by atoms with Crippen LogP contribution < -0.4 is 5.32 Å². The van der Waals surface area contributed by atoms with Gasteiger partial charge in [0.1, 0.15) is 10.7 Å². The molecule has 1 aromatic heterocycles. The summed E-state index contributed by atoms with van der Waals surface area (Å²) in [5, 5.41) is 14.4. The summed E-state index contributed by atoms with van der Waals surface area (Å²) in [5.41, 5.74) is 1.99. The minimum Gasteiger partial charge on any atom is -0.345 e. The van der Waals surface area contributed by atoms with Crippen molar-refractivity contribution in [3.63, 3.8) is 0 Å². The number of aromatic nitrogens is 2. The maximum absolute atomic E-state index is 13.1. The molecule has 0 radical (unpaired) electrons. The Balaban J connectivity index is 1.68. The van der Waals surface area contributed by atoms with E-state index in [1.807, 2.05) is 66.2 Å². The molecule has 0 fully saturated rings. The molecule has 1 heterocycles. The normalized spacial score (nSPS) is 12.4. The average Bonchev–Trinajstić information content (AvgIpc) is 3.13. The third-order valence-corrected chi connectivity index (χ3v) is 6.74. The van der Waals surface area contributed by atoms with E-state index < -0.39 is 37.3 Å². The number of amides is 1. The van der Waals surface area contributed by atoms with Gasteiger partial charge in [0.05, 0.1) is 22.0 Å². The smallest absolute Gasteiger partial charge is 0.288 e. The van der Waals surface area contributed by atoms with Gasteiger partial charge in [0.15, 0.2) is 9.84 Å². The van der Waals surface area contributed by atoms with Gasteiger partial charge in [0.2, 0.25) is 0 Å². The largest absolute Gasteiger partial charge is 0.345 e. The molecule has 1 N–H and O–H groups in total. The van der Waals surface area contributed by atoms with Gasteiger partial charge in [-0.3, -0.25) is 14.9 Å². The Morgan fingerprint density at radius 1 is 1.09 bits per heavy atom. The molecular formula is C24H22N4O5S. The molecule has 0 saturated heterocycles. The molecule has 1 atom stereocenters. The highest BCUT2D eigenvalue weighted by molar-refractivity contribution is 7.90. The highest BCUT2D eigenvalue weighted by atomic mass is 32.2. The summed E-state index contributed by atoms with van der Waals surface area (Å²) in [6.07, 6.45) is 1.27. The maximum Gasteiger partial charge on any atom is 0.288 e. The van der Waals surface area contributed by atoms with Crippen molar-refractivity contribution in [1.29, 1.82) is 0 Å². The van der Waals surface area contributed by atoms with Crippen LogP contribution in [0, 0.1) is 10.1 Å². The fraction of sp³-hybridized carbons (Fsp3) is 0.167. The molecular weight excluding hydrogens is 456 g/mol. The van der Waals surface area contributed by atoms with E-state index >= 15 is 0 Å². The van der Waals surface area contributed by atoms with Crippen molar-refractivity contribution in [1.82, 2.24) is 14.9 Å². The van der Waals surface area contributed by atoms with Gasteiger partial charge in [0, 0.05) is 31.4 Å². The number of nitro groups is 1. The van der Waals surface area contributed by atoms with Crippen LogP contribution in [0.1, 0.15) is 27.8 Å². The first-order valence-corrected chi connectivity index (χ1v) is 12.3. The van der Waals surface area contributed by atoms with E-state index in [0.717, 1.165) is 40.8 Å². The predicted molar refractivity (Wildman–Crippen MR) is 127 cm³/mol. The van der Waals surface area contributed by atoms with Gasteiger partial charge in [-0.1, -0.05) is 42.5 Å². The van der Waals surface area contributed by atoms with Gasteiger partial charge in [-0.25, -0.2) is 13.4 Å². The first-order valence-electron chi connectivity index (χ1n) is 10.4. The molecule has 4 rings (SSSR count). The number of carbonyl (C=O) groups excluding carboxylic acids is 1. The Bertz CT molecular complexity index is 1500. The van der Waals surface area contributed by atoms with E-state index in [9.17, 15) is 23.3 Å². The second kappa shape index (κ2) is 9.06. The number of rotatable bonds is 7. The molecule has 0 bridgehead atoms. The van der Waals surface area contributed by atoms with Gasteiger partial charge >= 0.3 is 0 Å². The van der Waals surface area contributed by atoms with Crippen molar-refractivity contribution in [3.05, 3.63) is 99.9 Å². The lowest BCUT2D eigenvalue weighted by molar-refractivity contribution is -0.387. The molecule has 34 heavy (non-hydrogen) atoms. The molecule has 10 heteroatoms. The first-order chi connectivity index (χ1) is 16.1. The Labute approximate surface area is 196 Å². The molecule has 0 saturated carbocycles. The molecule has 0 aliphatic heterocycles. The second-order valence-corrected chi connectivity index (χ2v) is 9.91. The molecule has 0 aliphatic rings. The fourth-order valence-electron chi connectivity index (χ4n) is 3.85. The molecule has 174 valence electrons. The van der Waals surface area contributed by atoms with Crippen molar-refractivity contribution in [2.45, 2.75) is 17.4 Å². The van der Waals surface area contributed by atoms with Crippen LogP contribution in [-0.4, -0.2) is 35.1 Å².